The third-order valence-electron chi connectivity index (χ3n) is 5.38. The van der Waals surface area contributed by atoms with Crippen LogP contribution in [0.5, 0.6) is 11.5 Å². The summed E-state index contributed by atoms with van der Waals surface area (Å²) < 4.78 is 10.6. The van der Waals surface area contributed by atoms with E-state index in [0.717, 1.165) is 38.2 Å². The molecule has 1 fully saturated rings. The smallest absolute Gasteiger partial charge is 0.188 e. The highest BCUT2D eigenvalue weighted by atomic mass is 16.5. The molecule has 1 heterocycles. The number of likely N-dealkylation sites (tertiary alicyclic amines) is 1. The molecule has 6 nitrogen and oxygen atoms in total. The minimum Gasteiger partial charge on any atom is -0.493 e. The SMILES string of the molecule is COc1ccc(CN=C(N)NCC2CCN(CCc3ccccc3)C2)cc1OC. The molecule has 0 aromatic heterocycles. The fourth-order valence-electron chi connectivity index (χ4n) is 3.67. The Labute approximate surface area is 173 Å². The molecule has 1 aliphatic heterocycles. The van der Waals surface area contributed by atoms with Crippen LogP contribution < -0.4 is 20.5 Å². The summed E-state index contributed by atoms with van der Waals surface area (Å²) >= 11 is 0. The third-order valence-corrected chi connectivity index (χ3v) is 5.38. The monoisotopic (exact) mass is 396 g/mol. The first-order valence-corrected chi connectivity index (χ1v) is 10.2. The van der Waals surface area contributed by atoms with Crippen LogP contribution in [-0.4, -0.2) is 51.3 Å². The first kappa shape index (κ1) is 21.0. The Morgan fingerprint density at radius 3 is 2.66 bits per heavy atom. The fourth-order valence-corrected chi connectivity index (χ4v) is 3.67. The summed E-state index contributed by atoms with van der Waals surface area (Å²) in [6.07, 6.45) is 2.31. The Bertz CT molecular complexity index is 795. The zero-order chi connectivity index (χ0) is 20.5. The van der Waals surface area contributed by atoms with E-state index in [4.69, 9.17) is 15.2 Å². The molecule has 0 aliphatic carbocycles. The third kappa shape index (κ3) is 6.39. The number of benzene rings is 2. The van der Waals surface area contributed by atoms with Gasteiger partial charge in [-0.15, -0.1) is 0 Å². The Hall–Kier alpha value is -2.73. The topological polar surface area (TPSA) is 72.1 Å². The van der Waals surface area contributed by atoms with Crippen LogP contribution in [0.15, 0.2) is 53.5 Å². The lowest BCUT2D eigenvalue weighted by Crippen LogP contribution is -2.36. The number of aliphatic imine (C=N–C) groups is 1. The van der Waals surface area contributed by atoms with E-state index in [-0.39, 0.29) is 0 Å². The summed E-state index contributed by atoms with van der Waals surface area (Å²) in [7, 11) is 3.26. The predicted molar refractivity (Wildman–Crippen MR) is 118 cm³/mol. The lowest BCUT2D eigenvalue weighted by Gasteiger charge is -2.16. The average Bonchev–Trinajstić information content (AvgIpc) is 3.23. The average molecular weight is 397 g/mol. The van der Waals surface area contributed by atoms with Crippen molar-refractivity contribution in [3.8, 4) is 11.5 Å². The van der Waals surface area contributed by atoms with Crippen LogP contribution in [0.3, 0.4) is 0 Å². The maximum absolute atomic E-state index is 6.06. The minimum absolute atomic E-state index is 0.488. The van der Waals surface area contributed by atoms with E-state index >= 15 is 0 Å². The molecule has 156 valence electrons. The summed E-state index contributed by atoms with van der Waals surface area (Å²) in [5, 5.41) is 3.29. The largest absolute Gasteiger partial charge is 0.493 e. The van der Waals surface area contributed by atoms with Crippen LogP contribution >= 0.6 is 0 Å². The molecule has 1 unspecified atom stereocenters. The summed E-state index contributed by atoms with van der Waals surface area (Å²) in [5.74, 6) is 2.51. The summed E-state index contributed by atoms with van der Waals surface area (Å²) in [4.78, 5) is 6.99. The standard InChI is InChI=1S/C23H32N4O2/c1-28-21-9-8-19(14-22(21)29-2)15-25-23(24)26-16-20-11-13-27(17-20)12-10-18-6-4-3-5-7-18/h3-9,14,20H,10-13,15-17H2,1-2H3,(H3,24,25,26). The van der Waals surface area contributed by atoms with E-state index in [1.165, 1.54) is 12.0 Å². The highest BCUT2D eigenvalue weighted by Crippen LogP contribution is 2.27. The van der Waals surface area contributed by atoms with Crippen molar-refractivity contribution in [3.05, 3.63) is 59.7 Å². The maximum Gasteiger partial charge on any atom is 0.188 e. The van der Waals surface area contributed by atoms with Crippen molar-refractivity contribution in [1.29, 1.82) is 0 Å². The molecule has 0 amide bonds. The number of hydrogen-bond donors (Lipinski definition) is 2. The van der Waals surface area contributed by atoms with Crippen LogP contribution in [0.4, 0.5) is 0 Å². The van der Waals surface area contributed by atoms with Gasteiger partial charge in [0.05, 0.1) is 20.8 Å². The highest BCUT2D eigenvalue weighted by Gasteiger charge is 2.21. The second-order valence-electron chi connectivity index (χ2n) is 7.46. The molecule has 29 heavy (non-hydrogen) atoms. The van der Waals surface area contributed by atoms with E-state index in [2.05, 4.69) is 45.5 Å². The number of rotatable bonds is 9. The van der Waals surface area contributed by atoms with Gasteiger partial charge in [-0.25, -0.2) is 4.99 Å². The van der Waals surface area contributed by atoms with Gasteiger partial charge in [0, 0.05) is 19.6 Å². The number of nitrogens with two attached hydrogens (primary N) is 1. The molecule has 1 aliphatic rings. The van der Waals surface area contributed by atoms with Gasteiger partial charge in [0.25, 0.3) is 0 Å². The van der Waals surface area contributed by atoms with Gasteiger partial charge in [0.2, 0.25) is 0 Å². The molecule has 1 atom stereocenters. The minimum atomic E-state index is 0.488. The molecule has 0 bridgehead atoms. The summed E-state index contributed by atoms with van der Waals surface area (Å²) in [6, 6.07) is 16.5. The molecule has 3 N–H and O–H groups in total. The van der Waals surface area contributed by atoms with Crippen LogP contribution in [0, 0.1) is 5.92 Å². The Morgan fingerprint density at radius 1 is 1.10 bits per heavy atom. The van der Waals surface area contributed by atoms with Crippen LogP contribution in [-0.2, 0) is 13.0 Å². The molecule has 2 aromatic carbocycles. The lowest BCUT2D eigenvalue weighted by atomic mass is 10.1. The second kappa shape index (κ2) is 10.7. The van der Waals surface area contributed by atoms with Gasteiger partial charge in [-0.3, -0.25) is 0 Å². The quantitative estimate of drug-likeness (QED) is 0.504. The van der Waals surface area contributed by atoms with Gasteiger partial charge in [-0.2, -0.15) is 0 Å². The molecule has 0 saturated carbocycles. The van der Waals surface area contributed by atoms with E-state index in [1.807, 2.05) is 18.2 Å². The lowest BCUT2D eigenvalue weighted by molar-refractivity contribution is 0.328. The maximum atomic E-state index is 6.06. The molecule has 2 aromatic rings. The zero-order valence-corrected chi connectivity index (χ0v) is 17.4. The zero-order valence-electron chi connectivity index (χ0n) is 17.4. The Balaban J connectivity index is 1.39. The Kier molecular flexibility index (Phi) is 7.76. The van der Waals surface area contributed by atoms with Crippen molar-refractivity contribution in [3.63, 3.8) is 0 Å². The van der Waals surface area contributed by atoms with Crippen molar-refractivity contribution in [1.82, 2.24) is 10.2 Å². The molecule has 6 heteroatoms. The molecular weight excluding hydrogens is 364 g/mol. The highest BCUT2D eigenvalue weighted by molar-refractivity contribution is 5.77. The molecule has 3 rings (SSSR count). The number of methoxy groups -OCH3 is 2. The molecular formula is C23H32N4O2. The molecule has 0 radical (unpaired) electrons. The van der Waals surface area contributed by atoms with Gasteiger partial charge in [0.15, 0.2) is 17.5 Å². The van der Waals surface area contributed by atoms with Crippen molar-refractivity contribution in [2.75, 3.05) is 40.4 Å². The van der Waals surface area contributed by atoms with Crippen molar-refractivity contribution < 1.29 is 9.47 Å². The first-order chi connectivity index (χ1) is 14.2. The van der Waals surface area contributed by atoms with Crippen molar-refractivity contribution in [2.24, 2.45) is 16.6 Å². The van der Waals surface area contributed by atoms with Gasteiger partial charge in [-0.05, 0) is 48.6 Å². The number of nitrogens with zero attached hydrogens (tertiary/aromatic N) is 2. The first-order valence-electron chi connectivity index (χ1n) is 10.2. The van der Waals surface area contributed by atoms with Crippen LogP contribution in [0.25, 0.3) is 0 Å². The van der Waals surface area contributed by atoms with Gasteiger partial charge in [0.1, 0.15) is 0 Å². The van der Waals surface area contributed by atoms with Gasteiger partial charge in [-0.1, -0.05) is 36.4 Å². The van der Waals surface area contributed by atoms with E-state index in [9.17, 15) is 0 Å². The number of hydrogen-bond acceptors (Lipinski definition) is 4. The number of ether oxygens (including phenoxy) is 2. The summed E-state index contributed by atoms with van der Waals surface area (Å²) in [5.41, 5.74) is 8.50. The van der Waals surface area contributed by atoms with Crippen LogP contribution in [0.1, 0.15) is 17.5 Å². The molecule has 0 spiro atoms. The van der Waals surface area contributed by atoms with Gasteiger partial charge < -0.3 is 25.4 Å². The Morgan fingerprint density at radius 2 is 1.90 bits per heavy atom. The number of guanidine groups is 1. The second-order valence-corrected chi connectivity index (χ2v) is 7.46. The summed E-state index contributed by atoms with van der Waals surface area (Å²) in [6.45, 7) is 4.75. The van der Waals surface area contributed by atoms with Crippen molar-refractivity contribution >= 4 is 5.96 Å². The van der Waals surface area contributed by atoms with E-state index in [1.54, 1.807) is 14.2 Å². The normalized spacial score (nSPS) is 17.3. The fraction of sp³-hybridized carbons (Fsp3) is 0.435. The van der Waals surface area contributed by atoms with E-state index < -0.39 is 0 Å². The number of nitrogens with one attached hydrogen (secondary N) is 1. The molecule has 1 saturated heterocycles. The van der Waals surface area contributed by atoms with Crippen LogP contribution in [0.2, 0.25) is 0 Å². The predicted octanol–water partition coefficient (Wildman–Crippen LogP) is 2.67. The van der Waals surface area contributed by atoms with Crippen molar-refractivity contribution in [2.45, 2.75) is 19.4 Å². The van der Waals surface area contributed by atoms with E-state index in [0.29, 0.717) is 29.9 Å². The van der Waals surface area contributed by atoms with Gasteiger partial charge >= 0.3 is 0 Å².